The number of aromatic nitrogens is 2. The Morgan fingerprint density at radius 3 is 2.42 bits per heavy atom. The molecule has 0 N–H and O–H groups in total. The zero-order valence-corrected chi connectivity index (χ0v) is 20.3. The average Bonchev–Trinajstić information content (AvgIpc) is 2.84. The predicted molar refractivity (Wildman–Crippen MR) is 138 cm³/mol. The molecule has 0 atom stereocenters. The SMILES string of the molecule is CCOC(=O)c1ccc(-n2c(C=Cc3ccc(OC)cc3)nc3ccc(I)cc3c2=O)cc1. The van der Waals surface area contributed by atoms with Crippen molar-refractivity contribution in [3.05, 3.63) is 97.6 Å². The van der Waals surface area contributed by atoms with Gasteiger partial charge in [0.1, 0.15) is 11.6 Å². The summed E-state index contributed by atoms with van der Waals surface area (Å²) in [6.45, 7) is 2.06. The van der Waals surface area contributed by atoms with E-state index in [-0.39, 0.29) is 5.56 Å². The molecule has 1 aromatic heterocycles. The first kappa shape index (κ1) is 22.7. The van der Waals surface area contributed by atoms with Crippen molar-refractivity contribution in [2.75, 3.05) is 13.7 Å². The minimum atomic E-state index is -0.401. The number of hydrogen-bond acceptors (Lipinski definition) is 5. The Bertz CT molecular complexity index is 1390. The molecule has 0 unspecified atom stereocenters. The highest BCUT2D eigenvalue weighted by Gasteiger charge is 2.13. The first-order valence-corrected chi connectivity index (χ1v) is 11.4. The summed E-state index contributed by atoms with van der Waals surface area (Å²) in [5.74, 6) is 0.847. The van der Waals surface area contributed by atoms with Gasteiger partial charge >= 0.3 is 5.97 Å². The molecule has 0 bridgehead atoms. The third-order valence-electron chi connectivity index (χ3n) is 5.03. The predicted octanol–water partition coefficient (Wildman–Crippen LogP) is 5.35. The van der Waals surface area contributed by atoms with Gasteiger partial charge in [-0.25, -0.2) is 9.78 Å². The van der Waals surface area contributed by atoms with Crippen LogP contribution in [0.4, 0.5) is 0 Å². The fraction of sp³-hybridized carbons (Fsp3) is 0.115. The molecule has 6 nitrogen and oxygen atoms in total. The lowest BCUT2D eigenvalue weighted by molar-refractivity contribution is 0.0526. The Morgan fingerprint density at radius 2 is 1.76 bits per heavy atom. The number of carbonyl (C=O) groups excluding carboxylic acids is 1. The maximum Gasteiger partial charge on any atom is 0.338 e. The molecule has 7 heteroatoms. The number of methoxy groups -OCH3 is 1. The Labute approximate surface area is 204 Å². The van der Waals surface area contributed by atoms with E-state index in [4.69, 9.17) is 14.5 Å². The van der Waals surface area contributed by atoms with E-state index in [1.165, 1.54) is 0 Å². The Hall–Kier alpha value is -3.46. The van der Waals surface area contributed by atoms with Crippen LogP contribution in [0, 0.1) is 3.57 Å². The van der Waals surface area contributed by atoms with Crippen LogP contribution in [-0.2, 0) is 4.74 Å². The maximum atomic E-state index is 13.5. The lowest BCUT2D eigenvalue weighted by Gasteiger charge is -2.12. The van der Waals surface area contributed by atoms with Crippen molar-refractivity contribution in [2.24, 2.45) is 0 Å². The second-order valence-electron chi connectivity index (χ2n) is 7.15. The highest BCUT2D eigenvalue weighted by atomic mass is 127. The highest BCUT2D eigenvalue weighted by molar-refractivity contribution is 14.1. The van der Waals surface area contributed by atoms with Gasteiger partial charge in [-0.15, -0.1) is 0 Å². The van der Waals surface area contributed by atoms with Crippen molar-refractivity contribution in [3.8, 4) is 11.4 Å². The standard InChI is InChI=1S/C26H21IN2O4/c1-3-33-26(31)18-7-10-20(11-8-18)29-24(15-6-17-4-12-21(32-2)13-5-17)28-23-14-9-19(27)16-22(23)25(29)30/h4-16H,3H2,1-2H3. The number of carbonyl (C=O) groups is 1. The molecule has 4 rings (SSSR count). The van der Waals surface area contributed by atoms with Gasteiger partial charge in [-0.1, -0.05) is 18.2 Å². The van der Waals surface area contributed by atoms with Crippen molar-refractivity contribution >= 4 is 51.6 Å². The van der Waals surface area contributed by atoms with Gasteiger partial charge in [0.2, 0.25) is 0 Å². The van der Waals surface area contributed by atoms with E-state index in [1.807, 2.05) is 48.5 Å². The van der Waals surface area contributed by atoms with Gasteiger partial charge in [0, 0.05) is 3.57 Å². The second-order valence-corrected chi connectivity index (χ2v) is 8.39. The largest absolute Gasteiger partial charge is 0.497 e. The molecule has 0 aliphatic heterocycles. The van der Waals surface area contributed by atoms with Crippen molar-refractivity contribution in [1.29, 1.82) is 0 Å². The summed E-state index contributed by atoms with van der Waals surface area (Å²) in [7, 11) is 1.62. The molecule has 0 saturated heterocycles. The lowest BCUT2D eigenvalue weighted by Crippen LogP contribution is -2.22. The molecule has 3 aromatic carbocycles. The lowest BCUT2D eigenvalue weighted by atomic mass is 10.1. The summed E-state index contributed by atoms with van der Waals surface area (Å²) >= 11 is 2.18. The molecular weight excluding hydrogens is 531 g/mol. The van der Waals surface area contributed by atoms with Crippen LogP contribution in [0.1, 0.15) is 28.7 Å². The maximum absolute atomic E-state index is 13.5. The zero-order valence-electron chi connectivity index (χ0n) is 18.1. The van der Waals surface area contributed by atoms with Crippen molar-refractivity contribution < 1.29 is 14.3 Å². The van der Waals surface area contributed by atoms with Crippen LogP contribution in [0.2, 0.25) is 0 Å². The first-order valence-electron chi connectivity index (χ1n) is 10.3. The van der Waals surface area contributed by atoms with Crippen molar-refractivity contribution in [1.82, 2.24) is 9.55 Å². The molecule has 0 radical (unpaired) electrons. The number of benzene rings is 3. The van der Waals surface area contributed by atoms with E-state index in [2.05, 4.69) is 22.6 Å². The van der Waals surface area contributed by atoms with Gasteiger partial charge in [-0.05, 0) is 95.8 Å². The van der Waals surface area contributed by atoms with Crippen LogP contribution in [0.3, 0.4) is 0 Å². The molecule has 0 spiro atoms. The van der Waals surface area contributed by atoms with Crippen LogP contribution in [0.25, 0.3) is 28.7 Å². The van der Waals surface area contributed by atoms with Crippen LogP contribution >= 0.6 is 22.6 Å². The number of nitrogens with zero attached hydrogens (tertiary/aromatic N) is 2. The number of fused-ring (bicyclic) bond motifs is 1. The van der Waals surface area contributed by atoms with Gasteiger partial charge in [-0.2, -0.15) is 0 Å². The van der Waals surface area contributed by atoms with E-state index < -0.39 is 5.97 Å². The number of hydrogen-bond donors (Lipinski definition) is 0. The van der Waals surface area contributed by atoms with Crippen LogP contribution in [0.15, 0.2) is 71.5 Å². The van der Waals surface area contributed by atoms with E-state index in [1.54, 1.807) is 48.9 Å². The molecule has 1 heterocycles. The average molecular weight is 552 g/mol. The van der Waals surface area contributed by atoms with Gasteiger partial charge in [0.05, 0.1) is 35.9 Å². The number of ether oxygens (including phenoxy) is 2. The summed E-state index contributed by atoms with van der Waals surface area (Å²) in [6, 6.07) is 19.9. The quantitative estimate of drug-likeness (QED) is 0.239. The third kappa shape index (κ3) is 4.98. The molecule has 4 aromatic rings. The minimum absolute atomic E-state index is 0.184. The molecule has 0 aliphatic carbocycles. The minimum Gasteiger partial charge on any atom is -0.497 e. The first-order chi connectivity index (χ1) is 16.0. The molecule has 0 aliphatic rings. The van der Waals surface area contributed by atoms with Gasteiger partial charge in [0.25, 0.3) is 5.56 Å². The monoisotopic (exact) mass is 552 g/mol. The van der Waals surface area contributed by atoms with E-state index in [9.17, 15) is 9.59 Å². The van der Waals surface area contributed by atoms with Crippen LogP contribution in [0.5, 0.6) is 5.75 Å². The van der Waals surface area contributed by atoms with E-state index >= 15 is 0 Å². The van der Waals surface area contributed by atoms with E-state index in [0.717, 1.165) is 14.9 Å². The normalized spacial score (nSPS) is 11.1. The van der Waals surface area contributed by atoms with Crippen molar-refractivity contribution in [3.63, 3.8) is 0 Å². The highest BCUT2D eigenvalue weighted by Crippen LogP contribution is 2.19. The number of esters is 1. The fourth-order valence-electron chi connectivity index (χ4n) is 3.38. The van der Waals surface area contributed by atoms with Crippen LogP contribution in [-0.4, -0.2) is 29.2 Å². The topological polar surface area (TPSA) is 70.4 Å². The second kappa shape index (κ2) is 9.99. The number of halogens is 1. The third-order valence-corrected chi connectivity index (χ3v) is 5.70. The smallest absolute Gasteiger partial charge is 0.338 e. The molecule has 0 amide bonds. The van der Waals surface area contributed by atoms with E-state index in [0.29, 0.717) is 34.6 Å². The summed E-state index contributed by atoms with van der Waals surface area (Å²) < 4.78 is 12.8. The zero-order chi connectivity index (χ0) is 23.4. The van der Waals surface area contributed by atoms with Gasteiger partial charge in [-0.3, -0.25) is 9.36 Å². The Balaban J connectivity index is 1.83. The van der Waals surface area contributed by atoms with Gasteiger partial charge < -0.3 is 9.47 Å². The molecule has 0 fully saturated rings. The summed E-state index contributed by atoms with van der Waals surface area (Å²) in [6.07, 6.45) is 3.70. The van der Waals surface area contributed by atoms with Crippen molar-refractivity contribution in [2.45, 2.75) is 6.92 Å². The number of rotatable bonds is 6. The Morgan fingerprint density at radius 1 is 1.03 bits per heavy atom. The summed E-state index contributed by atoms with van der Waals surface area (Å²) in [4.78, 5) is 30.3. The molecule has 0 saturated carbocycles. The summed E-state index contributed by atoms with van der Waals surface area (Å²) in [5.41, 5.74) is 2.41. The summed E-state index contributed by atoms with van der Waals surface area (Å²) in [5, 5.41) is 0.526. The van der Waals surface area contributed by atoms with Crippen LogP contribution < -0.4 is 10.3 Å². The molecule has 33 heavy (non-hydrogen) atoms. The molecular formula is C26H21IN2O4. The van der Waals surface area contributed by atoms with Gasteiger partial charge in [0.15, 0.2) is 0 Å². The Kier molecular flexibility index (Phi) is 6.88. The fourth-order valence-corrected chi connectivity index (χ4v) is 3.87. The molecule has 166 valence electrons.